The number of pyridine rings is 1. The van der Waals surface area contributed by atoms with Crippen LogP contribution in [0.4, 0.5) is 0 Å². The maximum absolute atomic E-state index is 13.4. The smallest absolute Gasteiger partial charge is 0.254 e. The number of hydrogen-bond acceptors (Lipinski definition) is 4. The summed E-state index contributed by atoms with van der Waals surface area (Å²) in [4.78, 5) is 20.0. The van der Waals surface area contributed by atoms with Crippen LogP contribution in [0, 0.1) is 0 Å². The van der Waals surface area contributed by atoms with E-state index in [4.69, 9.17) is 14.5 Å². The fourth-order valence-corrected chi connectivity index (χ4v) is 3.40. The van der Waals surface area contributed by atoms with E-state index < -0.39 is 0 Å². The predicted molar refractivity (Wildman–Crippen MR) is 112 cm³/mol. The van der Waals surface area contributed by atoms with Crippen molar-refractivity contribution >= 4 is 16.8 Å². The number of benzene rings is 2. The van der Waals surface area contributed by atoms with Gasteiger partial charge in [-0.3, -0.25) is 4.79 Å². The quantitative estimate of drug-likeness (QED) is 0.611. The summed E-state index contributed by atoms with van der Waals surface area (Å²) in [6, 6.07) is 17.3. The van der Waals surface area contributed by atoms with Crippen molar-refractivity contribution < 1.29 is 14.3 Å². The molecule has 0 radical (unpaired) electrons. The standard InChI is InChI=1S/C23H26N2O3/c1-5-25(16(2)15-27-3)23(26)20-14-22(17-10-12-18(28-4)13-11-17)24-21-9-7-6-8-19(20)21/h6-14,16H,5,15H2,1-4H3/t16-/m1/s1. The van der Waals surface area contributed by atoms with Gasteiger partial charge in [-0.1, -0.05) is 18.2 Å². The average Bonchev–Trinajstić information content (AvgIpc) is 2.73. The van der Waals surface area contributed by atoms with Gasteiger partial charge in [-0.15, -0.1) is 0 Å². The first kappa shape index (κ1) is 19.8. The molecule has 0 saturated carbocycles. The molecule has 0 aliphatic carbocycles. The molecule has 28 heavy (non-hydrogen) atoms. The Bertz CT molecular complexity index is 954. The summed E-state index contributed by atoms with van der Waals surface area (Å²) in [6.45, 7) is 5.09. The molecular weight excluding hydrogens is 352 g/mol. The van der Waals surface area contributed by atoms with Gasteiger partial charge in [0.2, 0.25) is 0 Å². The summed E-state index contributed by atoms with van der Waals surface area (Å²) >= 11 is 0. The van der Waals surface area contributed by atoms with Gasteiger partial charge in [-0.25, -0.2) is 4.98 Å². The van der Waals surface area contributed by atoms with E-state index in [9.17, 15) is 4.79 Å². The SMILES string of the molecule is CCN(C(=O)c1cc(-c2ccc(OC)cc2)nc2ccccc12)[C@H](C)COC. The molecule has 1 atom stereocenters. The summed E-state index contributed by atoms with van der Waals surface area (Å²) in [6.07, 6.45) is 0. The van der Waals surface area contributed by atoms with E-state index in [-0.39, 0.29) is 11.9 Å². The molecule has 1 amide bonds. The third-order valence-corrected chi connectivity index (χ3v) is 4.87. The van der Waals surface area contributed by atoms with Crippen LogP contribution in [-0.4, -0.2) is 49.2 Å². The Morgan fingerprint density at radius 3 is 2.46 bits per heavy atom. The van der Waals surface area contributed by atoms with Gasteiger partial charge in [0, 0.05) is 24.6 Å². The highest BCUT2D eigenvalue weighted by Gasteiger charge is 2.23. The Morgan fingerprint density at radius 1 is 1.11 bits per heavy atom. The zero-order chi connectivity index (χ0) is 20.1. The lowest BCUT2D eigenvalue weighted by molar-refractivity contribution is 0.0581. The predicted octanol–water partition coefficient (Wildman–Crippen LogP) is 4.41. The molecule has 0 bridgehead atoms. The first-order valence-corrected chi connectivity index (χ1v) is 9.43. The largest absolute Gasteiger partial charge is 0.497 e. The lowest BCUT2D eigenvalue weighted by atomic mass is 10.0. The Labute approximate surface area is 165 Å². The molecule has 146 valence electrons. The third kappa shape index (κ3) is 3.99. The minimum absolute atomic E-state index is 0.0135. The molecule has 5 heteroatoms. The summed E-state index contributed by atoms with van der Waals surface area (Å²) in [5, 5.41) is 0.854. The fourth-order valence-electron chi connectivity index (χ4n) is 3.40. The van der Waals surface area contributed by atoms with Gasteiger partial charge < -0.3 is 14.4 Å². The molecule has 0 aliphatic rings. The normalized spacial score (nSPS) is 12.0. The van der Waals surface area contributed by atoms with Gasteiger partial charge in [-0.05, 0) is 50.2 Å². The van der Waals surface area contributed by atoms with Crippen LogP contribution in [-0.2, 0) is 4.74 Å². The van der Waals surface area contributed by atoms with Crippen molar-refractivity contribution in [3.63, 3.8) is 0 Å². The highest BCUT2D eigenvalue weighted by Crippen LogP contribution is 2.27. The molecule has 0 saturated heterocycles. The molecule has 1 heterocycles. The average molecular weight is 378 g/mol. The number of para-hydroxylation sites is 1. The molecule has 0 spiro atoms. The molecule has 0 fully saturated rings. The molecule has 0 aliphatic heterocycles. The van der Waals surface area contributed by atoms with Crippen LogP contribution in [0.1, 0.15) is 24.2 Å². The van der Waals surface area contributed by atoms with E-state index in [2.05, 4.69) is 0 Å². The summed E-state index contributed by atoms with van der Waals surface area (Å²) in [7, 11) is 3.29. The Kier molecular flexibility index (Phi) is 6.26. The Morgan fingerprint density at radius 2 is 1.82 bits per heavy atom. The van der Waals surface area contributed by atoms with Crippen LogP contribution in [0.25, 0.3) is 22.2 Å². The van der Waals surface area contributed by atoms with Crippen molar-refractivity contribution in [2.24, 2.45) is 0 Å². The second kappa shape index (κ2) is 8.85. The minimum Gasteiger partial charge on any atom is -0.497 e. The maximum atomic E-state index is 13.4. The second-order valence-electron chi connectivity index (χ2n) is 6.70. The molecule has 2 aromatic carbocycles. The lowest BCUT2D eigenvalue weighted by Gasteiger charge is -2.28. The highest BCUT2D eigenvalue weighted by atomic mass is 16.5. The van der Waals surface area contributed by atoms with Crippen LogP contribution in [0.2, 0.25) is 0 Å². The van der Waals surface area contributed by atoms with E-state index >= 15 is 0 Å². The van der Waals surface area contributed by atoms with Crippen molar-refractivity contribution in [2.75, 3.05) is 27.4 Å². The van der Waals surface area contributed by atoms with E-state index in [1.54, 1.807) is 14.2 Å². The number of aromatic nitrogens is 1. The van der Waals surface area contributed by atoms with Crippen LogP contribution in [0.5, 0.6) is 5.75 Å². The minimum atomic E-state index is -0.0149. The Balaban J connectivity index is 2.11. The number of hydrogen-bond donors (Lipinski definition) is 0. The molecule has 1 aromatic heterocycles. The number of amides is 1. The monoisotopic (exact) mass is 378 g/mol. The summed E-state index contributed by atoms with van der Waals surface area (Å²) in [5.74, 6) is 0.770. The van der Waals surface area contributed by atoms with Crippen LogP contribution >= 0.6 is 0 Å². The van der Waals surface area contributed by atoms with Gasteiger partial charge in [0.25, 0.3) is 5.91 Å². The number of methoxy groups -OCH3 is 2. The first-order valence-electron chi connectivity index (χ1n) is 9.43. The number of fused-ring (bicyclic) bond motifs is 1. The molecule has 3 rings (SSSR count). The van der Waals surface area contributed by atoms with Crippen molar-refractivity contribution in [3.05, 3.63) is 60.2 Å². The van der Waals surface area contributed by atoms with E-state index in [0.29, 0.717) is 18.7 Å². The Hall–Kier alpha value is -2.92. The van der Waals surface area contributed by atoms with Crippen molar-refractivity contribution in [1.29, 1.82) is 0 Å². The maximum Gasteiger partial charge on any atom is 0.254 e. The fraction of sp³-hybridized carbons (Fsp3) is 0.304. The van der Waals surface area contributed by atoms with Crippen molar-refractivity contribution in [3.8, 4) is 17.0 Å². The number of carbonyl (C=O) groups excluding carboxylic acids is 1. The van der Waals surface area contributed by atoms with Gasteiger partial charge in [-0.2, -0.15) is 0 Å². The number of ether oxygens (including phenoxy) is 2. The van der Waals surface area contributed by atoms with Gasteiger partial charge in [0.1, 0.15) is 5.75 Å². The summed E-state index contributed by atoms with van der Waals surface area (Å²) < 4.78 is 10.5. The molecule has 0 N–H and O–H groups in total. The van der Waals surface area contributed by atoms with E-state index in [1.165, 1.54) is 0 Å². The van der Waals surface area contributed by atoms with E-state index in [1.807, 2.05) is 73.3 Å². The molecule has 3 aromatic rings. The third-order valence-electron chi connectivity index (χ3n) is 4.87. The van der Waals surface area contributed by atoms with Crippen LogP contribution in [0.3, 0.4) is 0 Å². The number of rotatable bonds is 7. The second-order valence-corrected chi connectivity index (χ2v) is 6.70. The topological polar surface area (TPSA) is 51.7 Å². The van der Waals surface area contributed by atoms with Gasteiger partial charge in [0.15, 0.2) is 0 Å². The molecule has 0 unspecified atom stereocenters. The first-order chi connectivity index (χ1) is 13.6. The van der Waals surface area contributed by atoms with Crippen LogP contribution in [0.15, 0.2) is 54.6 Å². The lowest BCUT2D eigenvalue weighted by Crippen LogP contribution is -2.41. The van der Waals surface area contributed by atoms with Gasteiger partial charge >= 0.3 is 0 Å². The van der Waals surface area contributed by atoms with Crippen molar-refractivity contribution in [1.82, 2.24) is 9.88 Å². The number of carbonyl (C=O) groups is 1. The van der Waals surface area contributed by atoms with E-state index in [0.717, 1.165) is 27.9 Å². The number of nitrogens with zero attached hydrogens (tertiary/aromatic N) is 2. The summed E-state index contributed by atoms with van der Waals surface area (Å²) in [5.41, 5.74) is 3.16. The zero-order valence-corrected chi connectivity index (χ0v) is 16.8. The van der Waals surface area contributed by atoms with Crippen molar-refractivity contribution in [2.45, 2.75) is 19.9 Å². The highest BCUT2D eigenvalue weighted by molar-refractivity contribution is 6.07. The van der Waals surface area contributed by atoms with Gasteiger partial charge in [0.05, 0.1) is 36.5 Å². The molecule has 5 nitrogen and oxygen atoms in total. The van der Waals surface area contributed by atoms with Crippen LogP contribution < -0.4 is 4.74 Å². The zero-order valence-electron chi connectivity index (χ0n) is 16.8. The number of likely N-dealkylation sites (N-methyl/N-ethyl adjacent to an activating group) is 1. The molecular formula is C23H26N2O3.